The summed E-state index contributed by atoms with van der Waals surface area (Å²) < 4.78 is 59.4. The van der Waals surface area contributed by atoms with Gasteiger partial charge < -0.3 is 57.4 Å². The van der Waals surface area contributed by atoms with Crippen LogP contribution in [-0.4, -0.2) is 151 Å². The summed E-state index contributed by atoms with van der Waals surface area (Å²) >= 11 is 0. The minimum atomic E-state index is -0.418. The van der Waals surface area contributed by atoms with Gasteiger partial charge in [-0.2, -0.15) is 0 Å². The first-order chi connectivity index (χ1) is 25.7. The van der Waals surface area contributed by atoms with E-state index in [-0.39, 0.29) is 18.5 Å². The van der Waals surface area contributed by atoms with Gasteiger partial charge in [0.2, 0.25) is 0 Å². The lowest BCUT2D eigenvalue weighted by Gasteiger charge is -2.14. The maximum Gasteiger partial charge on any atom is 0.407 e. The molecule has 292 valence electrons. The van der Waals surface area contributed by atoms with Gasteiger partial charge in [-0.15, -0.1) is 0 Å². The fraction of sp³-hybridized carbons (Fsp3) is 0.632. The predicted octanol–water partition coefficient (Wildman–Crippen LogP) is 3.63. The van der Waals surface area contributed by atoms with Gasteiger partial charge in [0.05, 0.1) is 112 Å². The number of benzene rings is 2. The molecular formula is C38H57NO13. The van der Waals surface area contributed by atoms with Crippen molar-refractivity contribution in [2.75, 3.05) is 139 Å². The van der Waals surface area contributed by atoms with Crippen LogP contribution >= 0.6 is 0 Å². The van der Waals surface area contributed by atoms with Gasteiger partial charge in [0.25, 0.3) is 0 Å². The number of alkyl carbamates (subject to hydrolysis) is 1. The molecule has 0 fully saturated rings. The molecule has 0 aromatic heterocycles. The molecule has 14 nitrogen and oxygen atoms in total. The summed E-state index contributed by atoms with van der Waals surface area (Å²) in [6.45, 7) is 10.9. The molecule has 0 bridgehead atoms. The lowest BCUT2D eigenvalue weighted by Crippen LogP contribution is -2.27. The van der Waals surface area contributed by atoms with Gasteiger partial charge in [0, 0.05) is 26.0 Å². The van der Waals surface area contributed by atoms with Gasteiger partial charge in [-0.3, -0.25) is 4.79 Å². The van der Waals surface area contributed by atoms with Crippen molar-refractivity contribution < 1.29 is 61.7 Å². The Balaban J connectivity index is 0.961. The highest BCUT2D eigenvalue weighted by molar-refractivity contribution is 5.79. The van der Waals surface area contributed by atoms with E-state index in [9.17, 15) is 9.59 Å². The van der Waals surface area contributed by atoms with Crippen LogP contribution < -0.4 is 5.32 Å². The Morgan fingerprint density at radius 2 is 0.827 bits per heavy atom. The Morgan fingerprint density at radius 3 is 1.21 bits per heavy atom. The molecular weight excluding hydrogens is 678 g/mol. The summed E-state index contributed by atoms with van der Waals surface area (Å²) in [7, 11) is 0. The van der Waals surface area contributed by atoms with E-state index in [0.717, 1.165) is 0 Å². The first-order valence-electron chi connectivity index (χ1n) is 18.1. The van der Waals surface area contributed by atoms with Crippen LogP contribution in [0.1, 0.15) is 30.4 Å². The number of nitrogens with one attached hydrogen (secondary N) is 1. The number of fused-ring (bicyclic) bond motifs is 3. The third kappa shape index (κ3) is 19.6. The zero-order valence-electron chi connectivity index (χ0n) is 30.6. The van der Waals surface area contributed by atoms with E-state index in [1.807, 2.05) is 24.3 Å². The zero-order chi connectivity index (χ0) is 36.7. The number of carbonyl (C=O) groups is 2. The molecule has 0 atom stereocenters. The molecule has 0 aliphatic heterocycles. The molecule has 1 amide bonds. The van der Waals surface area contributed by atoms with Crippen LogP contribution in [0, 0.1) is 0 Å². The van der Waals surface area contributed by atoms with Crippen molar-refractivity contribution in [3.63, 3.8) is 0 Å². The number of esters is 1. The standard InChI is InChI=1S/C38H57NO13/c1-32(40)51-30-29-50-28-27-49-26-25-48-24-23-47-22-21-46-20-19-45-18-17-44-16-15-43-14-13-42-12-6-11-39-38(41)52-31-37-35-9-4-2-7-33(35)34-8-3-5-10-36(34)37/h2-5,7-10,37H,6,11-31H2,1H3,(H,39,41). The van der Waals surface area contributed by atoms with Crippen molar-refractivity contribution >= 4 is 12.1 Å². The highest BCUT2D eigenvalue weighted by atomic mass is 16.6. The third-order valence-corrected chi connectivity index (χ3v) is 7.59. The number of hydrogen-bond acceptors (Lipinski definition) is 13. The van der Waals surface area contributed by atoms with Gasteiger partial charge >= 0.3 is 12.1 Å². The van der Waals surface area contributed by atoms with Crippen LogP contribution in [0.3, 0.4) is 0 Å². The van der Waals surface area contributed by atoms with Crippen molar-refractivity contribution in [1.82, 2.24) is 5.32 Å². The Morgan fingerprint density at radius 1 is 0.481 bits per heavy atom. The highest BCUT2D eigenvalue weighted by Crippen LogP contribution is 2.44. The van der Waals surface area contributed by atoms with E-state index in [0.29, 0.717) is 138 Å². The van der Waals surface area contributed by atoms with Gasteiger partial charge in [-0.1, -0.05) is 48.5 Å². The van der Waals surface area contributed by atoms with Gasteiger partial charge in [-0.25, -0.2) is 4.79 Å². The van der Waals surface area contributed by atoms with Gasteiger partial charge in [0.1, 0.15) is 13.2 Å². The van der Waals surface area contributed by atoms with Crippen molar-refractivity contribution in [3.8, 4) is 11.1 Å². The van der Waals surface area contributed by atoms with Crippen LogP contribution in [0.15, 0.2) is 48.5 Å². The molecule has 3 rings (SSSR count). The summed E-state index contributed by atoms with van der Waals surface area (Å²) in [5, 5.41) is 2.80. The van der Waals surface area contributed by atoms with Crippen LogP contribution in [0.4, 0.5) is 4.79 Å². The number of ether oxygens (including phenoxy) is 11. The fourth-order valence-corrected chi connectivity index (χ4v) is 5.12. The van der Waals surface area contributed by atoms with Crippen LogP contribution in [0.25, 0.3) is 11.1 Å². The molecule has 1 aliphatic rings. The van der Waals surface area contributed by atoms with Crippen LogP contribution in [-0.2, 0) is 56.9 Å². The number of carbonyl (C=O) groups excluding carboxylic acids is 2. The van der Waals surface area contributed by atoms with Gasteiger partial charge in [-0.05, 0) is 28.7 Å². The van der Waals surface area contributed by atoms with E-state index in [1.165, 1.54) is 29.2 Å². The molecule has 0 radical (unpaired) electrons. The summed E-state index contributed by atoms with van der Waals surface area (Å²) in [6, 6.07) is 16.6. The quantitative estimate of drug-likeness (QED) is 0.0842. The average Bonchev–Trinajstić information content (AvgIpc) is 3.47. The van der Waals surface area contributed by atoms with Gasteiger partial charge in [0.15, 0.2) is 0 Å². The highest BCUT2D eigenvalue weighted by Gasteiger charge is 2.28. The lowest BCUT2D eigenvalue weighted by atomic mass is 9.98. The minimum Gasteiger partial charge on any atom is -0.463 e. The molecule has 2 aromatic carbocycles. The minimum absolute atomic E-state index is 0.0476. The molecule has 1 N–H and O–H groups in total. The first-order valence-corrected chi connectivity index (χ1v) is 18.1. The molecule has 0 heterocycles. The number of amides is 1. The zero-order valence-corrected chi connectivity index (χ0v) is 30.6. The lowest BCUT2D eigenvalue weighted by molar-refractivity contribution is -0.142. The summed E-state index contributed by atoms with van der Waals surface area (Å²) in [5.74, 6) is -0.267. The van der Waals surface area contributed by atoms with Crippen molar-refractivity contribution in [1.29, 1.82) is 0 Å². The van der Waals surface area contributed by atoms with Crippen LogP contribution in [0.2, 0.25) is 0 Å². The van der Waals surface area contributed by atoms with E-state index in [4.69, 9.17) is 52.1 Å². The molecule has 0 spiro atoms. The van der Waals surface area contributed by atoms with Crippen molar-refractivity contribution in [2.24, 2.45) is 0 Å². The Hall–Kier alpha value is -3.18. The first kappa shape index (κ1) is 43.2. The topological polar surface area (TPSA) is 148 Å². The monoisotopic (exact) mass is 735 g/mol. The van der Waals surface area contributed by atoms with E-state index in [2.05, 4.69) is 29.6 Å². The third-order valence-electron chi connectivity index (χ3n) is 7.59. The second kappa shape index (κ2) is 29.3. The molecule has 52 heavy (non-hydrogen) atoms. The SMILES string of the molecule is CC(=O)OCCOCCOCCOCCOCCOCCOCCOCCOCCOCCCNC(=O)OCC1c2ccccc2-c2ccccc21. The van der Waals surface area contributed by atoms with Crippen LogP contribution in [0.5, 0.6) is 0 Å². The molecule has 2 aromatic rings. The number of hydrogen-bond donors (Lipinski definition) is 1. The maximum absolute atomic E-state index is 12.3. The molecule has 1 aliphatic carbocycles. The number of rotatable bonds is 33. The fourth-order valence-electron chi connectivity index (χ4n) is 5.12. The normalized spacial score (nSPS) is 12.1. The second-order valence-electron chi connectivity index (χ2n) is 11.5. The summed E-state index contributed by atoms with van der Waals surface area (Å²) in [5.41, 5.74) is 4.80. The summed E-state index contributed by atoms with van der Waals surface area (Å²) in [6.07, 6.45) is 0.264. The molecule has 0 saturated heterocycles. The molecule has 0 unspecified atom stereocenters. The second-order valence-corrected chi connectivity index (χ2v) is 11.5. The largest absolute Gasteiger partial charge is 0.463 e. The predicted molar refractivity (Wildman–Crippen MR) is 192 cm³/mol. The Bertz CT molecular complexity index is 1170. The molecule has 0 saturated carbocycles. The summed E-state index contributed by atoms with van der Waals surface area (Å²) in [4.78, 5) is 22.9. The van der Waals surface area contributed by atoms with E-state index in [1.54, 1.807) is 0 Å². The van der Waals surface area contributed by atoms with Crippen molar-refractivity contribution in [2.45, 2.75) is 19.3 Å². The maximum atomic E-state index is 12.3. The van der Waals surface area contributed by atoms with E-state index >= 15 is 0 Å². The average molecular weight is 736 g/mol. The Labute approximate surface area is 307 Å². The van der Waals surface area contributed by atoms with Crippen molar-refractivity contribution in [3.05, 3.63) is 59.7 Å². The molecule has 14 heteroatoms. The Kier molecular flexibility index (Phi) is 24.4. The smallest absolute Gasteiger partial charge is 0.407 e. The van der Waals surface area contributed by atoms with E-state index < -0.39 is 6.09 Å².